The number of allylic oxidation sites excluding steroid dienone is 1. The van der Waals surface area contributed by atoms with E-state index in [1.54, 1.807) is 23.8 Å². The molecular weight excluding hydrogens is 456 g/mol. The average molecular weight is 507 g/mol. The van der Waals surface area contributed by atoms with Gasteiger partial charge in [-0.15, -0.1) is 0 Å². The second-order valence-electron chi connectivity index (χ2n) is 13.9. The predicted molar refractivity (Wildman–Crippen MR) is 153 cm³/mol. The molecule has 4 aliphatic carbocycles. The van der Waals surface area contributed by atoms with Crippen LogP contribution in [0.2, 0.25) is 0 Å². The lowest BCUT2D eigenvalue weighted by molar-refractivity contribution is -0.0536. The summed E-state index contributed by atoms with van der Waals surface area (Å²) in [5.74, 6) is 3.97. The topological polar surface area (TPSA) is 78.3 Å². The fourth-order valence-corrected chi connectivity index (χ4v) is 9.27. The van der Waals surface area contributed by atoms with Crippen LogP contribution in [-0.4, -0.2) is 12.1 Å². The quantitative estimate of drug-likeness (QED) is 0.169. The molecule has 0 saturated heterocycles. The highest BCUT2D eigenvalue weighted by atomic mass is 16.5. The van der Waals surface area contributed by atoms with Crippen molar-refractivity contribution in [2.75, 3.05) is 11.5 Å². The molecule has 1 aromatic carbocycles. The molecule has 1 aromatic rings. The van der Waals surface area contributed by atoms with Crippen LogP contribution in [0.3, 0.4) is 0 Å². The smallest absolute Gasteiger partial charge is 0.338 e. The minimum atomic E-state index is -0.305. The van der Waals surface area contributed by atoms with Crippen LogP contribution in [0.15, 0.2) is 29.8 Å². The summed E-state index contributed by atoms with van der Waals surface area (Å²) < 4.78 is 5.99. The first-order chi connectivity index (χ1) is 17.6. The molecule has 3 fully saturated rings. The maximum Gasteiger partial charge on any atom is 0.338 e. The Labute approximate surface area is 225 Å². The first-order valence-electron chi connectivity index (χ1n) is 15.2. The van der Waals surface area contributed by atoms with Crippen molar-refractivity contribution in [2.24, 2.45) is 40.4 Å². The molecule has 37 heavy (non-hydrogen) atoms. The number of unbranched alkanes of at least 4 members (excludes halogenated alkanes) is 1. The van der Waals surface area contributed by atoms with Gasteiger partial charge in [0.2, 0.25) is 0 Å². The molecule has 0 heterocycles. The van der Waals surface area contributed by atoms with Crippen molar-refractivity contribution >= 4 is 17.3 Å². The molecule has 7 atom stereocenters. The van der Waals surface area contributed by atoms with Gasteiger partial charge in [0.1, 0.15) is 6.10 Å². The van der Waals surface area contributed by atoms with E-state index in [-0.39, 0.29) is 17.5 Å². The van der Waals surface area contributed by atoms with Crippen molar-refractivity contribution < 1.29 is 9.53 Å². The number of fused-ring (bicyclic) bond motifs is 5. The number of nitrogens with two attached hydrogens (primary N) is 2. The Bertz CT molecular complexity index is 1010. The van der Waals surface area contributed by atoms with Crippen molar-refractivity contribution in [2.45, 2.75) is 111 Å². The van der Waals surface area contributed by atoms with E-state index in [1.807, 2.05) is 0 Å². The van der Waals surface area contributed by atoms with Gasteiger partial charge >= 0.3 is 5.97 Å². The molecule has 4 nitrogen and oxygen atoms in total. The molecular formula is C33H50N2O2. The molecule has 0 radical (unpaired) electrons. The monoisotopic (exact) mass is 506 g/mol. The van der Waals surface area contributed by atoms with Crippen molar-refractivity contribution in [1.29, 1.82) is 0 Å². The van der Waals surface area contributed by atoms with Crippen molar-refractivity contribution in [1.82, 2.24) is 0 Å². The van der Waals surface area contributed by atoms with Crippen LogP contribution >= 0.6 is 0 Å². The molecule has 3 saturated carbocycles. The third-order valence-electron chi connectivity index (χ3n) is 11.3. The molecule has 0 aromatic heterocycles. The fraction of sp³-hybridized carbons (Fsp3) is 0.727. The van der Waals surface area contributed by atoms with E-state index in [1.165, 1.54) is 57.8 Å². The summed E-state index contributed by atoms with van der Waals surface area (Å²) in [5.41, 5.74) is 15.6. The highest BCUT2D eigenvalue weighted by molar-refractivity contribution is 5.91. The van der Waals surface area contributed by atoms with Crippen molar-refractivity contribution in [3.63, 3.8) is 0 Å². The van der Waals surface area contributed by atoms with Crippen LogP contribution < -0.4 is 11.5 Å². The number of nitrogen functional groups attached to an aromatic ring is 2. The number of carbonyl (C=O) groups excluding carboxylic acids is 1. The molecule has 4 aliphatic rings. The molecule has 0 amide bonds. The van der Waals surface area contributed by atoms with Crippen LogP contribution in [0, 0.1) is 40.4 Å². The molecule has 0 bridgehead atoms. The summed E-state index contributed by atoms with van der Waals surface area (Å²) >= 11 is 0. The number of hydrogen-bond donors (Lipinski definition) is 2. The SMILES string of the molecule is CC(C)CCCC[C@H]1CC[C@H]2[C@@H]3CC=C4C[C@@H](OC(=O)c5cc(N)cc(N)c5)CC[C@]4(C)[C@H]3CC[C@]12C. The van der Waals surface area contributed by atoms with Crippen LogP contribution in [0.5, 0.6) is 0 Å². The number of hydrogen-bond acceptors (Lipinski definition) is 4. The third kappa shape index (κ3) is 5.06. The van der Waals surface area contributed by atoms with Crippen LogP contribution in [0.1, 0.15) is 115 Å². The Hall–Kier alpha value is -1.97. The lowest BCUT2D eigenvalue weighted by Gasteiger charge is -2.58. The van der Waals surface area contributed by atoms with Gasteiger partial charge in [-0.2, -0.15) is 0 Å². The van der Waals surface area contributed by atoms with Gasteiger partial charge in [-0.25, -0.2) is 4.79 Å². The molecule has 5 rings (SSSR count). The number of carbonyl (C=O) groups is 1. The van der Waals surface area contributed by atoms with Gasteiger partial charge in [-0.1, -0.05) is 58.6 Å². The lowest BCUT2D eigenvalue weighted by atomic mass is 9.47. The molecule has 204 valence electrons. The fourth-order valence-electron chi connectivity index (χ4n) is 9.27. The zero-order valence-electron chi connectivity index (χ0n) is 23.7. The van der Waals surface area contributed by atoms with E-state index in [9.17, 15) is 4.79 Å². The first-order valence-corrected chi connectivity index (χ1v) is 15.2. The molecule has 4 heteroatoms. The van der Waals surface area contributed by atoms with Gasteiger partial charge in [-0.05, 0) is 110 Å². The Balaban J connectivity index is 1.24. The van der Waals surface area contributed by atoms with Gasteiger partial charge in [0, 0.05) is 17.8 Å². The maximum atomic E-state index is 12.9. The second kappa shape index (κ2) is 10.3. The number of anilines is 2. The van der Waals surface area contributed by atoms with Crippen LogP contribution in [-0.2, 0) is 4.74 Å². The lowest BCUT2D eigenvalue weighted by Crippen LogP contribution is -2.50. The summed E-state index contributed by atoms with van der Waals surface area (Å²) in [6.45, 7) is 9.90. The zero-order chi connectivity index (χ0) is 26.4. The second-order valence-corrected chi connectivity index (χ2v) is 13.9. The van der Waals surface area contributed by atoms with E-state index < -0.39 is 0 Å². The third-order valence-corrected chi connectivity index (χ3v) is 11.3. The highest BCUT2D eigenvalue weighted by Gasteiger charge is 2.58. The van der Waals surface area contributed by atoms with E-state index in [2.05, 4.69) is 33.8 Å². The highest BCUT2D eigenvalue weighted by Crippen LogP contribution is 2.66. The number of ether oxygens (including phenoxy) is 1. The standard InChI is InChI=1S/C33H50N2O2/c1-21(2)7-5-6-8-23-10-12-29-28-11-9-24-19-27(37-31(36)22-17-25(34)20-26(35)18-22)13-15-33(24,4)30(28)14-16-32(23,29)3/h9,17-18,20-21,23,27-30H,5-8,10-16,19,34-35H2,1-4H3/t23-,27-,28-,29-,30-,32+,33-/m0/s1. The van der Waals surface area contributed by atoms with E-state index in [0.717, 1.165) is 48.9 Å². The van der Waals surface area contributed by atoms with Gasteiger partial charge < -0.3 is 16.2 Å². The zero-order valence-corrected chi connectivity index (χ0v) is 23.7. The Morgan fingerprint density at radius 1 is 1.00 bits per heavy atom. The number of esters is 1. The number of benzene rings is 1. The summed E-state index contributed by atoms with van der Waals surface area (Å²) in [5, 5.41) is 0. The Morgan fingerprint density at radius 3 is 2.49 bits per heavy atom. The Morgan fingerprint density at radius 2 is 1.76 bits per heavy atom. The van der Waals surface area contributed by atoms with E-state index in [4.69, 9.17) is 16.2 Å². The first kappa shape index (κ1) is 26.6. The van der Waals surface area contributed by atoms with Gasteiger partial charge in [0.25, 0.3) is 0 Å². The molecule has 0 unspecified atom stereocenters. The van der Waals surface area contributed by atoms with Crippen LogP contribution in [0.25, 0.3) is 0 Å². The minimum absolute atomic E-state index is 0.0541. The van der Waals surface area contributed by atoms with E-state index >= 15 is 0 Å². The molecule has 4 N–H and O–H groups in total. The predicted octanol–water partition coefficient (Wildman–Crippen LogP) is 8.17. The van der Waals surface area contributed by atoms with Crippen molar-refractivity contribution in [3.05, 3.63) is 35.4 Å². The average Bonchev–Trinajstić information content (AvgIpc) is 3.17. The van der Waals surface area contributed by atoms with Crippen LogP contribution in [0.4, 0.5) is 11.4 Å². The largest absolute Gasteiger partial charge is 0.458 e. The van der Waals surface area contributed by atoms with Gasteiger partial charge in [-0.3, -0.25) is 0 Å². The van der Waals surface area contributed by atoms with Gasteiger partial charge in [0.15, 0.2) is 0 Å². The Kier molecular flexibility index (Phi) is 7.41. The van der Waals surface area contributed by atoms with E-state index in [0.29, 0.717) is 22.4 Å². The maximum absolute atomic E-state index is 12.9. The summed E-state index contributed by atoms with van der Waals surface area (Å²) in [6.07, 6.45) is 18.0. The summed E-state index contributed by atoms with van der Waals surface area (Å²) in [4.78, 5) is 12.9. The van der Waals surface area contributed by atoms with Crippen molar-refractivity contribution in [3.8, 4) is 0 Å². The number of rotatable bonds is 7. The van der Waals surface area contributed by atoms with Gasteiger partial charge in [0.05, 0.1) is 5.56 Å². The minimum Gasteiger partial charge on any atom is -0.458 e. The summed E-state index contributed by atoms with van der Waals surface area (Å²) in [6, 6.07) is 4.99. The molecule has 0 aliphatic heterocycles. The summed E-state index contributed by atoms with van der Waals surface area (Å²) in [7, 11) is 0. The normalized spacial score (nSPS) is 36.9. The molecule has 0 spiro atoms.